The molecule has 0 spiro atoms. The lowest BCUT2D eigenvalue weighted by Crippen LogP contribution is -2.50. The standard InChI is InChI=1S/C22H23N3OS/c1-16(20(14-26)21-15-27-22-5-3-2-4-19(21)22)24-10-12-25(13-11-24)18-8-6-17(23)7-9-18/h2-9,15-16H,10-13,23H2,1H3. The summed E-state index contributed by atoms with van der Waals surface area (Å²) in [6.07, 6.45) is 0. The largest absolute Gasteiger partial charge is 0.399 e. The first-order valence-electron chi connectivity index (χ1n) is 9.23. The molecule has 0 bridgehead atoms. The van der Waals surface area contributed by atoms with Crippen LogP contribution in [0.3, 0.4) is 0 Å². The molecule has 4 rings (SSSR count). The van der Waals surface area contributed by atoms with Crippen molar-refractivity contribution in [2.45, 2.75) is 13.0 Å². The first-order chi connectivity index (χ1) is 13.2. The SMILES string of the molecule is CC(C(=C=O)c1csc2ccccc12)N1CCN(c2ccc(N)cc2)CC1. The third-order valence-corrected chi connectivity index (χ3v) is 6.38. The molecule has 1 aromatic heterocycles. The Morgan fingerprint density at radius 1 is 1.07 bits per heavy atom. The van der Waals surface area contributed by atoms with E-state index >= 15 is 0 Å². The van der Waals surface area contributed by atoms with E-state index < -0.39 is 0 Å². The van der Waals surface area contributed by atoms with Crippen molar-refractivity contribution < 1.29 is 4.79 Å². The fourth-order valence-electron chi connectivity index (χ4n) is 3.79. The monoisotopic (exact) mass is 377 g/mol. The molecule has 1 saturated heterocycles. The van der Waals surface area contributed by atoms with E-state index in [-0.39, 0.29) is 6.04 Å². The quantitative estimate of drug-likeness (QED) is 0.553. The maximum absolute atomic E-state index is 11.8. The lowest BCUT2D eigenvalue weighted by molar-refractivity contribution is 0.233. The average molecular weight is 378 g/mol. The van der Waals surface area contributed by atoms with Gasteiger partial charge in [0.2, 0.25) is 0 Å². The summed E-state index contributed by atoms with van der Waals surface area (Å²) >= 11 is 1.68. The third-order valence-electron chi connectivity index (χ3n) is 5.42. The van der Waals surface area contributed by atoms with Gasteiger partial charge in [-0.2, -0.15) is 0 Å². The number of benzene rings is 2. The highest BCUT2D eigenvalue weighted by Crippen LogP contribution is 2.33. The van der Waals surface area contributed by atoms with Gasteiger partial charge in [-0.3, -0.25) is 4.90 Å². The molecule has 2 heterocycles. The van der Waals surface area contributed by atoms with Crippen molar-refractivity contribution in [3.8, 4) is 0 Å². The minimum absolute atomic E-state index is 0.0501. The normalized spacial score (nSPS) is 16.3. The molecule has 138 valence electrons. The Morgan fingerprint density at radius 3 is 2.48 bits per heavy atom. The Morgan fingerprint density at radius 2 is 1.78 bits per heavy atom. The van der Waals surface area contributed by atoms with E-state index in [1.807, 2.05) is 24.3 Å². The van der Waals surface area contributed by atoms with Crippen LogP contribution in [0.4, 0.5) is 11.4 Å². The Labute approximate surface area is 163 Å². The zero-order valence-corrected chi connectivity index (χ0v) is 16.2. The molecule has 0 saturated carbocycles. The van der Waals surface area contributed by atoms with Crippen molar-refractivity contribution in [1.82, 2.24) is 4.90 Å². The number of nitrogen functional groups attached to an aromatic ring is 1. The number of hydrogen-bond acceptors (Lipinski definition) is 5. The van der Waals surface area contributed by atoms with Gasteiger partial charge in [-0.15, -0.1) is 11.3 Å². The molecule has 4 nitrogen and oxygen atoms in total. The van der Waals surface area contributed by atoms with Crippen molar-refractivity contribution in [3.63, 3.8) is 0 Å². The predicted octanol–water partition coefficient (Wildman–Crippen LogP) is 3.91. The molecule has 2 N–H and O–H groups in total. The van der Waals surface area contributed by atoms with Crippen LogP contribution in [0.2, 0.25) is 0 Å². The number of thiophene rings is 1. The maximum atomic E-state index is 11.8. The van der Waals surface area contributed by atoms with Gasteiger partial charge in [-0.1, -0.05) is 18.2 Å². The summed E-state index contributed by atoms with van der Waals surface area (Å²) in [5, 5.41) is 3.24. The topological polar surface area (TPSA) is 49.6 Å². The number of anilines is 2. The van der Waals surface area contributed by atoms with Crippen LogP contribution >= 0.6 is 11.3 Å². The summed E-state index contributed by atoms with van der Waals surface area (Å²) in [5.41, 5.74) is 9.56. The molecule has 1 aliphatic heterocycles. The average Bonchev–Trinajstić information content (AvgIpc) is 3.13. The molecular formula is C22H23N3OS. The van der Waals surface area contributed by atoms with E-state index in [0.29, 0.717) is 0 Å². The van der Waals surface area contributed by atoms with Gasteiger partial charge in [0.25, 0.3) is 0 Å². The van der Waals surface area contributed by atoms with E-state index in [1.165, 1.54) is 10.4 Å². The fourth-order valence-corrected chi connectivity index (χ4v) is 4.75. The van der Waals surface area contributed by atoms with E-state index in [2.05, 4.69) is 52.3 Å². The van der Waals surface area contributed by atoms with Crippen LogP contribution in [-0.2, 0) is 4.79 Å². The Balaban J connectivity index is 1.49. The van der Waals surface area contributed by atoms with Gasteiger partial charge in [0.15, 0.2) is 0 Å². The summed E-state index contributed by atoms with van der Waals surface area (Å²) in [6.45, 7) is 5.82. The number of piperazine rings is 1. The summed E-state index contributed by atoms with van der Waals surface area (Å²) < 4.78 is 1.21. The second-order valence-corrected chi connectivity index (χ2v) is 7.86. The highest BCUT2D eigenvalue weighted by atomic mass is 32.1. The smallest absolute Gasteiger partial charge is 0.130 e. The predicted molar refractivity (Wildman–Crippen MR) is 115 cm³/mol. The molecule has 1 unspecified atom stereocenters. The van der Waals surface area contributed by atoms with Gasteiger partial charge in [0.05, 0.1) is 5.57 Å². The van der Waals surface area contributed by atoms with Crippen LogP contribution in [0.1, 0.15) is 12.5 Å². The number of carbonyl (C=O) groups excluding carboxylic acids is 1. The Kier molecular flexibility index (Phi) is 4.99. The minimum Gasteiger partial charge on any atom is -0.399 e. The van der Waals surface area contributed by atoms with Crippen molar-refractivity contribution in [3.05, 3.63) is 59.5 Å². The highest BCUT2D eigenvalue weighted by molar-refractivity contribution is 7.17. The van der Waals surface area contributed by atoms with Crippen LogP contribution in [0, 0.1) is 0 Å². The minimum atomic E-state index is 0.0501. The summed E-state index contributed by atoms with van der Waals surface area (Å²) in [6, 6.07) is 16.3. The van der Waals surface area contributed by atoms with Crippen LogP contribution in [0.25, 0.3) is 15.7 Å². The highest BCUT2D eigenvalue weighted by Gasteiger charge is 2.26. The van der Waals surface area contributed by atoms with Gasteiger partial charge < -0.3 is 10.6 Å². The van der Waals surface area contributed by atoms with E-state index in [1.54, 1.807) is 11.3 Å². The second kappa shape index (κ2) is 7.57. The lowest BCUT2D eigenvalue weighted by atomic mass is 9.98. The molecule has 3 aromatic rings. The van der Waals surface area contributed by atoms with Crippen molar-refractivity contribution >= 4 is 44.3 Å². The van der Waals surface area contributed by atoms with Gasteiger partial charge >= 0.3 is 0 Å². The van der Waals surface area contributed by atoms with E-state index in [0.717, 1.165) is 48.4 Å². The molecule has 1 aliphatic rings. The van der Waals surface area contributed by atoms with Gasteiger partial charge in [-0.05, 0) is 37.3 Å². The zero-order valence-electron chi connectivity index (χ0n) is 15.4. The molecular weight excluding hydrogens is 354 g/mol. The van der Waals surface area contributed by atoms with Gasteiger partial charge in [0, 0.05) is 64.6 Å². The third kappa shape index (κ3) is 3.50. The molecule has 0 aliphatic carbocycles. The first kappa shape index (κ1) is 17.8. The summed E-state index contributed by atoms with van der Waals surface area (Å²) in [4.78, 5) is 16.6. The van der Waals surface area contributed by atoms with Crippen LogP contribution in [0.15, 0.2) is 53.9 Å². The zero-order chi connectivity index (χ0) is 18.8. The molecule has 27 heavy (non-hydrogen) atoms. The van der Waals surface area contributed by atoms with Crippen LogP contribution < -0.4 is 10.6 Å². The van der Waals surface area contributed by atoms with Crippen molar-refractivity contribution in [1.29, 1.82) is 0 Å². The maximum Gasteiger partial charge on any atom is 0.130 e. The number of rotatable bonds is 4. The number of fused-ring (bicyclic) bond motifs is 1. The first-order valence-corrected chi connectivity index (χ1v) is 10.1. The molecule has 2 aromatic carbocycles. The lowest BCUT2D eigenvalue weighted by Gasteiger charge is -2.39. The molecule has 5 heteroatoms. The second-order valence-electron chi connectivity index (χ2n) is 6.95. The molecule has 1 fully saturated rings. The Hall–Kier alpha value is -2.59. The molecule has 0 amide bonds. The fraction of sp³-hybridized carbons (Fsp3) is 0.273. The van der Waals surface area contributed by atoms with Crippen molar-refractivity contribution in [2.75, 3.05) is 36.8 Å². The number of nitrogens with two attached hydrogens (primary N) is 1. The van der Waals surface area contributed by atoms with E-state index in [9.17, 15) is 4.79 Å². The summed E-state index contributed by atoms with van der Waals surface area (Å²) in [5.74, 6) is 2.25. The van der Waals surface area contributed by atoms with Crippen molar-refractivity contribution in [2.24, 2.45) is 0 Å². The number of hydrogen-bond donors (Lipinski definition) is 1. The number of nitrogens with zero attached hydrogens (tertiary/aromatic N) is 2. The van der Waals surface area contributed by atoms with Crippen LogP contribution in [0.5, 0.6) is 0 Å². The Bertz CT molecular complexity index is 980. The summed E-state index contributed by atoms with van der Waals surface area (Å²) in [7, 11) is 0. The van der Waals surface area contributed by atoms with Gasteiger partial charge in [-0.25, -0.2) is 4.79 Å². The molecule has 0 radical (unpaired) electrons. The van der Waals surface area contributed by atoms with E-state index in [4.69, 9.17) is 5.73 Å². The van der Waals surface area contributed by atoms with Gasteiger partial charge in [0.1, 0.15) is 5.94 Å². The molecule has 1 atom stereocenters. The van der Waals surface area contributed by atoms with Crippen LogP contribution in [-0.4, -0.2) is 43.1 Å².